The summed E-state index contributed by atoms with van der Waals surface area (Å²) in [7, 11) is 1.73. The molecular weight excluding hydrogens is 364 g/mol. The molecule has 2 saturated heterocycles. The Morgan fingerprint density at radius 1 is 1.10 bits per heavy atom. The number of hydrogen-bond donors (Lipinski definition) is 0. The number of benzene rings is 1. The van der Waals surface area contributed by atoms with E-state index < -0.39 is 0 Å². The molecule has 1 atom stereocenters. The average Bonchev–Trinajstić information content (AvgIpc) is 2.80. The molecule has 0 saturated carbocycles. The van der Waals surface area contributed by atoms with Gasteiger partial charge in [-0.05, 0) is 36.6 Å². The van der Waals surface area contributed by atoms with Gasteiger partial charge in [0, 0.05) is 57.7 Å². The van der Waals surface area contributed by atoms with Gasteiger partial charge in [0.1, 0.15) is 5.75 Å². The van der Waals surface area contributed by atoms with Crippen LogP contribution in [0.2, 0.25) is 0 Å². The molecule has 1 unspecified atom stereocenters. The Bertz CT molecular complexity index is 806. The summed E-state index contributed by atoms with van der Waals surface area (Å²) in [5.41, 5.74) is 2.16. The van der Waals surface area contributed by atoms with Crippen molar-refractivity contribution in [3.05, 3.63) is 54.4 Å². The fourth-order valence-corrected chi connectivity index (χ4v) is 4.49. The van der Waals surface area contributed by atoms with Gasteiger partial charge in [-0.3, -0.25) is 14.7 Å². The van der Waals surface area contributed by atoms with Crippen molar-refractivity contribution in [1.29, 1.82) is 0 Å². The van der Waals surface area contributed by atoms with Crippen LogP contribution in [0.3, 0.4) is 0 Å². The number of rotatable bonds is 5. The van der Waals surface area contributed by atoms with Crippen LogP contribution in [0.5, 0.6) is 5.75 Å². The summed E-state index contributed by atoms with van der Waals surface area (Å²) in [4.78, 5) is 23.9. The second-order valence-electron chi connectivity index (χ2n) is 7.87. The lowest BCUT2D eigenvalue weighted by Crippen LogP contribution is -2.56. The maximum absolute atomic E-state index is 12.8. The largest absolute Gasteiger partial charge is 0.495 e. The lowest BCUT2D eigenvalue weighted by Gasteiger charge is -2.44. The Morgan fingerprint density at radius 3 is 2.69 bits per heavy atom. The monoisotopic (exact) mass is 394 g/mol. The van der Waals surface area contributed by atoms with Crippen molar-refractivity contribution >= 4 is 11.6 Å². The van der Waals surface area contributed by atoms with E-state index in [2.05, 4.69) is 26.9 Å². The highest BCUT2D eigenvalue weighted by Gasteiger charge is 2.30. The van der Waals surface area contributed by atoms with Gasteiger partial charge in [-0.15, -0.1) is 0 Å². The van der Waals surface area contributed by atoms with Crippen LogP contribution in [0.4, 0.5) is 5.69 Å². The van der Waals surface area contributed by atoms with Crippen LogP contribution in [0.25, 0.3) is 0 Å². The molecule has 154 valence electrons. The first-order valence-electron chi connectivity index (χ1n) is 10.5. The predicted octanol–water partition coefficient (Wildman–Crippen LogP) is 2.45. The minimum atomic E-state index is 0.218. The molecule has 0 aliphatic carbocycles. The highest BCUT2D eigenvalue weighted by Crippen LogP contribution is 2.29. The first-order chi connectivity index (χ1) is 14.2. The Morgan fingerprint density at radius 2 is 1.93 bits per heavy atom. The maximum Gasteiger partial charge on any atom is 0.227 e. The minimum Gasteiger partial charge on any atom is -0.495 e. The molecule has 0 bridgehead atoms. The van der Waals surface area contributed by atoms with Crippen molar-refractivity contribution in [2.75, 3.05) is 51.3 Å². The zero-order chi connectivity index (χ0) is 20.1. The number of anilines is 1. The van der Waals surface area contributed by atoms with Gasteiger partial charge in [-0.2, -0.15) is 0 Å². The Labute approximate surface area is 173 Å². The maximum atomic E-state index is 12.8. The molecule has 0 spiro atoms. The highest BCUT2D eigenvalue weighted by atomic mass is 16.5. The molecular formula is C23H30N4O2. The second-order valence-corrected chi connectivity index (χ2v) is 7.87. The lowest BCUT2D eigenvalue weighted by molar-refractivity contribution is -0.132. The van der Waals surface area contributed by atoms with Gasteiger partial charge in [0.2, 0.25) is 5.91 Å². The smallest absolute Gasteiger partial charge is 0.227 e. The molecule has 0 N–H and O–H groups in total. The van der Waals surface area contributed by atoms with Gasteiger partial charge >= 0.3 is 0 Å². The van der Waals surface area contributed by atoms with E-state index in [0.29, 0.717) is 12.5 Å². The summed E-state index contributed by atoms with van der Waals surface area (Å²) in [5, 5.41) is 0. The van der Waals surface area contributed by atoms with Crippen molar-refractivity contribution in [2.24, 2.45) is 0 Å². The number of likely N-dealkylation sites (tertiary alicyclic amines) is 1. The zero-order valence-electron chi connectivity index (χ0n) is 17.2. The van der Waals surface area contributed by atoms with Gasteiger partial charge in [0.15, 0.2) is 0 Å². The Kier molecular flexibility index (Phi) is 6.30. The number of methoxy groups -OCH3 is 1. The number of amides is 1. The van der Waals surface area contributed by atoms with Crippen molar-refractivity contribution < 1.29 is 9.53 Å². The van der Waals surface area contributed by atoms with E-state index >= 15 is 0 Å². The van der Waals surface area contributed by atoms with E-state index in [0.717, 1.165) is 57.0 Å². The van der Waals surface area contributed by atoms with Crippen molar-refractivity contribution in [2.45, 2.75) is 25.3 Å². The minimum absolute atomic E-state index is 0.218. The molecule has 6 nitrogen and oxygen atoms in total. The predicted molar refractivity (Wildman–Crippen MR) is 114 cm³/mol. The third kappa shape index (κ3) is 4.70. The summed E-state index contributed by atoms with van der Waals surface area (Å²) >= 11 is 0. The van der Waals surface area contributed by atoms with Gasteiger partial charge in [-0.1, -0.05) is 18.2 Å². The van der Waals surface area contributed by atoms with E-state index in [4.69, 9.17) is 4.74 Å². The number of carbonyl (C=O) groups is 1. The fourth-order valence-electron chi connectivity index (χ4n) is 4.49. The van der Waals surface area contributed by atoms with Crippen LogP contribution >= 0.6 is 0 Å². The second kappa shape index (κ2) is 9.27. The SMILES string of the molecule is COc1ccccc1N1CCN(C2CCCN(C(=O)Cc3cccnc3)C2)CC1. The molecule has 1 aromatic heterocycles. The van der Waals surface area contributed by atoms with E-state index in [-0.39, 0.29) is 5.91 Å². The first-order valence-corrected chi connectivity index (χ1v) is 10.5. The number of aromatic nitrogens is 1. The van der Waals surface area contributed by atoms with Crippen LogP contribution in [0.15, 0.2) is 48.8 Å². The van der Waals surface area contributed by atoms with Crippen LogP contribution in [-0.4, -0.2) is 73.1 Å². The van der Waals surface area contributed by atoms with E-state index in [1.165, 1.54) is 12.1 Å². The molecule has 2 aliphatic rings. The topological polar surface area (TPSA) is 48.9 Å². The standard InChI is InChI=1S/C23H30N4O2/c1-29-22-9-3-2-8-21(22)26-14-12-25(13-15-26)20-7-5-11-27(18-20)23(28)16-19-6-4-10-24-17-19/h2-4,6,8-10,17,20H,5,7,11-16,18H2,1H3. The number of ether oxygens (including phenoxy) is 1. The number of piperazine rings is 1. The summed E-state index contributed by atoms with van der Waals surface area (Å²) in [6.07, 6.45) is 6.23. The van der Waals surface area contributed by atoms with Crippen LogP contribution < -0.4 is 9.64 Å². The molecule has 3 heterocycles. The van der Waals surface area contributed by atoms with E-state index in [1.807, 2.05) is 29.2 Å². The third-order valence-corrected chi connectivity index (χ3v) is 6.08. The molecule has 29 heavy (non-hydrogen) atoms. The average molecular weight is 395 g/mol. The van der Waals surface area contributed by atoms with Crippen molar-refractivity contribution in [1.82, 2.24) is 14.8 Å². The fraction of sp³-hybridized carbons (Fsp3) is 0.478. The van der Waals surface area contributed by atoms with Gasteiger partial charge < -0.3 is 14.5 Å². The lowest BCUT2D eigenvalue weighted by atomic mass is 10.0. The Balaban J connectivity index is 1.32. The third-order valence-electron chi connectivity index (χ3n) is 6.08. The summed E-state index contributed by atoms with van der Waals surface area (Å²) in [5.74, 6) is 1.15. The number of carbonyl (C=O) groups excluding carboxylic acids is 1. The number of nitrogens with zero attached hydrogens (tertiary/aromatic N) is 4. The van der Waals surface area contributed by atoms with E-state index in [1.54, 1.807) is 19.5 Å². The highest BCUT2D eigenvalue weighted by molar-refractivity contribution is 5.78. The molecule has 2 aromatic rings. The Hall–Kier alpha value is -2.60. The molecule has 2 fully saturated rings. The zero-order valence-corrected chi connectivity index (χ0v) is 17.2. The normalized spacial score (nSPS) is 20.5. The number of piperidine rings is 1. The van der Waals surface area contributed by atoms with Gasteiger partial charge in [0.05, 0.1) is 19.2 Å². The molecule has 4 rings (SSSR count). The number of pyridine rings is 1. The molecule has 1 amide bonds. The van der Waals surface area contributed by atoms with Crippen LogP contribution in [0, 0.1) is 0 Å². The van der Waals surface area contributed by atoms with Crippen molar-refractivity contribution in [3.63, 3.8) is 0 Å². The van der Waals surface area contributed by atoms with Crippen LogP contribution in [-0.2, 0) is 11.2 Å². The van der Waals surface area contributed by atoms with Crippen molar-refractivity contribution in [3.8, 4) is 5.75 Å². The molecule has 2 aliphatic heterocycles. The molecule has 1 aromatic carbocycles. The molecule has 6 heteroatoms. The summed E-state index contributed by atoms with van der Waals surface area (Å²) in [6.45, 7) is 5.73. The van der Waals surface area contributed by atoms with Gasteiger partial charge in [0.25, 0.3) is 0 Å². The number of para-hydroxylation sites is 2. The number of hydrogen-bond acceptors (Lipinski definition) is 5. The van der Waals surface area contributed by atoms with Crippen LogP contribution in [0.1, 0.15) is 18.4 Å². The summed E-state index contributed by atoms with van der Waals surface area (Å²) in [6, 6.07) is 12.6. The quantitative estimate of drug-likeness (QED) is 0.780. The molecule has 0 radical (unpaired) electrons. The van der Waals surface area contributed by atoms with Gasteiger partial charge in [-0.25, -0.2) is 0 Å². The summed E-state index contributed by atoms with van der Waals surface area (Å²) < 4.78 is 5.53. The first kappa shape index (κ1) is 19.7. The van der Waals surface area contributed by atoms with E-state index in [9.17, 15) is 4.79 Å².